The van der Waals surface area contributed by atoms with Crippen molar-refractivity contribution in [3.05, 3.63) is 64.4 Å². The zero-order valence-electron chi connectivity index (χ0n) is 12.7. The minimum absolute atomic E-state index is 0.0703. The van der Waals surface area contributed by atoms with Crippen LogP contribution >= 0.6 is 11.3 Å². The van der Waals surface area contributed by atoms with Crippen LogP contribution in [-0.2, 0) is 4.79 Å². The summed E-state index contributed by atoms with van der Waals surface area (Å²) in [7, 11) is 0. The van der Waals surface area contributed by atoms with Crippen LogP contribution in [0.2, 0.25) is 0 Å². The monoisotopic (exact) mass is 324 g/mol. The molecule has 0 atom stereocenters. The van der Waals surface area contributed by atoms with Gasteiger partial charge in [0.2, 0.25) is 0 Å². The quantitative estimate of drug-likeness (QED) is 0.574. The maximum Gasteiger partial charge on any atom is 0.277 e. The van der Waals surface area contributed by atoms with Crippen LogP contribution in [-0.4, -0.2) is 18.7 Å². The lowest BCUT2D eigenvalue weighted by Gasteiger charge is -2.06. The fourth-order valence-electron chi connectivity index (χ4n) is 2.13. The standard InChI is InChI=1S/C18H16N2O2S/c1-13-6-9-17(23-13)11-19-20-18(21)12-22-16-8-7-14-4-2-3-5-15(14)10-16/h2-11H,12H2,1H3,(H,20,21)/b19-11+. The minimum atomic E-state index is -0.289. The second kappa shape index (κ2) is 7.07. The van der Waals surface area contributed by atoms with E-state index in [0.717, 1.165) is 15.6 Å². The molecule has 0 aliphatic rings. The molecule has 0 aliphatic heterocycles. The Labute approximate surface area is 138 Å². The maximum absolute atomic E-state index is 11.7. The predicted octanol–water partition coefficient (Wildman–Crippen LogP) is 3.74. The highest BCUT2D eigenvalue weighted by Gasteiger charge is 2.02. The first-order valence-electron chi connectivity index (χ1n) is 7.21. The van der Waals surface area contributed by atoms with Crippen molar-refractivity contribution in [2.75, 3.05) is 6.61 Å². The first-order chi connectivity index (χ1) is 11.2. The van der Waals surface area contributed by atoms with E-state index in [-0.39, 0.29) is 12.5 Å². The number of aryl methyl sites for hydroxylation is 1. The van der Waals surface area contributed by atoms with E-state index in [4.69, 9.17) is 4.74 Å². The van der Waals surface area contributed by atoms with Crippen LogP contribution in [0.1, 0.15) is 9.75 Å². The molecule has 0 saturated heterocycles. The lowest BCUT2D eigenvalue weighted by atomic mass is 10.1. The summed E-state index contributed by atoms with van der Waals surface area (Å²) in [5, 5.41) is 6.14. The Morgan fingerprint density at radius 1 is 1.17 bits per heavy atom. The topological polar surface area (TPSA) is 50.7 Å². The molecule has 0 saturated carbocycles. The van der Waals surface area contributed by atoms with Crippen LogP contribution in [0, 0.1) is 6.92 Å². The minimum Gasteiger partial charge on any atom is -0.484 e. The number of fused-ring (bicyclic) bond motifs is 1. The fourth-order valence-corrected chi connectivity index (χ4v) is 2.88. The third-order valence-corrected chi connectivity index (χ3v) is 4.17. The lowest BCUT2D eigenvalue weighted by Crippen LogP contribution is -2.24. The van der Waals surface area contributed by atoms with Gasteiger partial charge in [0.05, 0.1) is 6.21 Å². The van der Waals surface area contributed by atoms with Crippen molar-refractivity contribution >= 4 is 34.2 Å². The lowest BCUT2D eigenvalue weighted by molar-refractivity contribution is -0.123. The molecule has 4 nitrogen and oxygen atoms in total. The highest BCUT2D eigenvalue weighted by Crippen LogP contribution is 2.20. The van der Waals surface area contributed by atoms with Crippen LogP contribution in [0.4, 0.5) is 0 Å². The van der Waals surface area contributed by atoms with Crippen LogP contribution < -0.4 is 10.2 Å². The molecule has 1 N–H and O–H groups in total. The molecule has 0 fully saturated rings. The Balaban J connectivity index is 1.52. The van der Waals surface area contributed by atoms with Gasteiger partial charge in [-0.25, -0.2) is 5.43 Å². The van der Waals surface area contributed by atoms with Gasteiger partial charge in [-0.05, 0) is 42.0 Å². The number of hydrogen-bond donors (Lipinski definition) is 1. The number of amides is 1. The van der Waals surface area contributed by atoms with Gasteiger partial charge < -0.3 is 4.74 Å². The Morgan fingerprint density at radius 3 is 2.78 bits per heavy atom. The number of carbonyl (C=O) groups excluding carboxylic acids is 1. The number of thiophene rings is 1. The van der Waals surface area contributed by atoms with Crippen molar-refractivity contribution in [3.63, 3.8) is 0 Å². The van der Waals surface area contributed by atoms with Gasteiger partial charge in [0.25, 0.3) is 5.91 Å². The van der Waals surface area contributed by atoms with Crippen LogP contribution in [0.3, 0.4) is 0 Å². The van der Waals surface area contributed by atoms with Gasteiger partial charge in [-0.3, -0.25) is 4.79 Å². The molecule has 0 aliphatic carbocycles. The van der Waals surface area contributed by atoms with E-state index >= 15 is 0 Å². The summed E-state index contributed by atoms with van der Waals surface area (Å²) in [6, 6.07) is 17.7. The molecule has 116 valence electrons. The number of hydrazone groups is 1. The molecule has 1 amide bonds. The molecule has 1 aromatic heterocycles. The number of hydrogen-bond acceptors (Lipinski definition) is 4. The Kier molecular flexibility index (Phi) is 4.68. The average Bonchev–Trinajstić information content (AvgIpc) is 2.98. The Bertz CT molecular complexity index is 855. The molecule has 3 aromatic rings. The molecule has 1 heterocycles. The molecule has 23 heavy (non-hydrogen) atoms. The van der Waals surface area contributed by atoms with Crippen LogP contribution in [0.15, 0.2) is 59.7 Å². The van der Waals surface area contributed by atoms with E-state index < -0.39 is 0 Å². The Morgan fingerprint density at radius 2 is 2.00 bits per heavy atom. The van der Waals surface area contributed by atoms with Gasteiger partial charge >= 0.3 is 0 Å². The fraction of sp³-hybridized carbons (Fsp3) is 0.111. The second-order valence-corrected chi connectivity index (χ2v) is 6.36. The van der Waals surface area contributed by atoms with Crippen molar-refractivity contribution in [1.82, 2.24) is 5.43 Å². The molecule has 0 spiro atoms. The predicted molar refractivity (Wildman–Crippen MR) is 94.2 cm³/mol. The highest BCUT2D eigenvalue weighted by atomic mass is 32.1. The zero-order chi connectivity index (χ0) is 16.1. The summed E-state index contributed by atoms with van der Waals surface area (Å²) >= 11 is 1.62. The first-order valence-corrected chi connectivity index (χ1v) is 8.02. The third kappa shape index (κ3) is 4.17. The van der Waals surface area contributed by atoms with Crippen molar-refractivity contribution in [2.24, 2.45) is 5.10 Å². The number of benzene rings is 2. The van der Waals surface area contributed by atoms with Crippen LogP contribution in [0.5, 0.6) is 5.75 Å². The molecular formula is C18H16N2O2S. The summed E-state index contributed by atoms with van der Waals surface area (Å²) in [6.45, 7) is 1.96. The summed E-state index contributed by atoms with van der Waals surface area (Å²) in [4.78, 5) is 13.9. The molecule has 3 rings (SSSR count). The molecule has 2 aromatic carbocycles. The second-order valence-electron chi connectivity index (χ2n) is 5.04. The summed E-state index contributed by atoms with van der Waals surface area (Å²) in [6.07, 6.45) is 1.63. The molecule has 0 radical (unpaired) electrons. The van der Waals surface area contributed by atoms with Gasteiger partial charge in [-0.15, -0.1) is 11.3 Å². The van der Waals surface area contributed by atoms with Crippen molar-refractivity contribution in [2.45, 2.75) is 6.92 Å². The Hall–Kier alpha value is -2.66. The molecule has 0 bridgehead atoms. The number of carbonyl (C=O) groups is 1. The number of ether oxygens (including phenoxy) is 1. The van der Waals surface area contributed by atoms with Gasteiger partial charge in [0, 0.05) is 9.75 Å². The van der Waals surface area contributed by atoms with Crippen molar-refractivity contribution in [3.8, 4) is 5.75 Å². The number of nitrogens with zero attached hydrogens (tertiary/aromatic N) is 1. The van der Waals surface area contributed by atoms with E-state index in [1.165, 1.54) is 4.88 Å². The largest absolute Gasteiger partial charge is 0.484 e. The van der Waals surface area contributed by atoms with Gasteiger partial charge in [-0.2, -0.15) is 5.10 Å². The molecule has 5 heteroatoms. The summed E-state index contributed by atoms with van der Waals surface area (Å²) in [5.41, 5.74) is 2.46. The van der Waals surface area contributed by atoms with E-state index in [1.807, 2.05) is 61.5 Å². The van der Waals surface area contributed by atoms with Gasteiger partial charge in [-0.1, -0.05) is 30.3 Å². The van der Waals surface area contributed by atoms with E-state index in [1.54, 1.807) is 17.6 Å². The normalized spacial score (nSPS) is 11.0. The maximum atomic E-state index is 11.7. The average molecular weight is 324 g/mol. The highest BCUT2D eigenvalue weighted by molar-refractivity contribution is 7.13. The summed E-state index contributed by atoms with van der Waals surface area (Å²) < 4.78 is 5.50. The number of nitrogens with one attached hydrogen (secondary N) is 1. The van der Waals surface area contributed by atoms with Crippen molar-refractivity contribution < 1.29 is 9.53 Å². The van der Waals surface area contributed by atoms with E-state index in [2.05, 4.69) is 10.5 Å². The third-order valence-electron chi connectivity index (χ3n) is 3.23. The molecular weight excluding hydrogens is 308 g/mol. The van der Waals surface area contributed by atoms with Crippen molar-refractivity contribution in [1.29, 1.82) is 0 Å². The van der Waals surface area contributed by atoms with Gasteiger partial charge in [0.1, 0.15) is 5.75 Å². The smallest absolute Gasteiger partial charge is 0.277 e. The molecule has 0 unspecified atom stereocenters. The summed E-state index contributed by atoms with van der Waals surface area (Å²) in [5.74, 6) is 0.374. The van der Waals surface area contributed by atoms with E-state index in [9.17, 15) is 4.79 Å². The van der Waals surface area contributed by atoms with Gasteiger partial charge in [0.15, 0.2) is 6.61 Å². The van der Waals surface area contributed by atoms with E-state index in [0.29, 0.717) is 5.75 Å². The zero-order valence-corrected chi connectivity index (χ0v) is 13.5. The first kappa shape index (κ1) is 15.2. The SMILES string of the molecule is Cc1ccc(/C=N/NC(=O)COc2ccc3ccccc3c2)s1. The van der Waals surface area contributed by atoms with Crippen LogP contribution in [0.25, 0.3) is 10.8 Å². The number of rotatable bonds is 5.